The number of aliphatic hydroxyl groups is 1. The number of ether oxygens (including phenoxy) is 2. The number of unbranched alkanes of at least 4 members (excludes halogenated alkanes) is 32. The largest absolute Gasteiger partial charge is 0.462 e. The Kier molecular flexibility index (Phi) is 64.4. The number of carbonyl (C=O) groups is 2. The molecule has 0 aromatic heterocycles. The van der Waals surface area contributed by atoms with Gasteiger partial charge in [-0.25, -0.2) is 0 Å². The second kappa shape index (κ2) is 67.6. The Morgan fingerprint density at radius 3 is 0.769 bits per heavy atom. The van der Waals surface area contributed by atoms with Gasteiger partial charge in [-0.05, 0) is 103 Å². The fourth-order valence-corrected chi connectivity index (χ4v) is 9.38. The van der Waals surface area contributed by atoms with Gasteiger partial charge in [0.25, 0.3) is 0 Å². The summed E-state index contributed by atoms with van der Waals surface area (Å²) in [7, 11) is 0. The topological polar surface area (TPSA) is 72.8 Å². The van der Waals surface area contributed by atoms with Gasteiger partial charge < -0.3 is 14.6 Å². The second-order valence-electron chi connectivity index (χ2n) is 21.8. The van der Waals surface area contributed by atoms with Crippen LogP contribution in [0.5, 0.6) is 0 Å². The van der Waals surface area contributed by atoms with E-state index in [2.05, 4.69) is 135 Å². The highest BCUT2D eigenvalue weighted by molar-refractivity contribution is 5.70. The van der Waals surface area contributed by atoms with E-state index in [1.54, 1.807) is 0 Å². The molecule has 0 aliphatic carbocycles. The molecule has 1 unspecified atom stereocenters. The lowest BCUT2D eigenvalue weighted by atomic mass is 10.0. The molecule has 0 aliphatic rings. The first-order chi connectivity index (χ1) is 38.6. The molecule has 0 spiro atoms. The van der Waals surface area contributed by atoms with Crippen molar-refractivity contribution in [3.63, 3.8) is 0 Å². The van der Waals surface area contributed by atoms with Crippen molar-refractivity contribution in [2.45, 2.75) is 315 Å². The van der Waals surface area contributed by atoms with E-state index in [0.29, 0.717) is 12.8 Å². The maximum Gasteiger partial charge on any atom is 0.306 e. The van der Waals surface area contributed by atoms with Gasteiger partial charge in [-0.15, -0.1) is 0 Å². The Morgan fingerprint density at radius 1 is 0.295 bits per heavy atom. The Balaban J connectivity index is 3.45. The van der Waals surface area contributed by atoms with Crippen LogP contribution >= 0.6 is 0 Å². The van der Waals surface area contributed by atoms with E-state index in [9.17, 15) is 14.7 Å². The van der Waals surface area contributed by atoms with Crippen LogP contribution in [-0.2, 0) is 19.1 Å². The highest BCUT2D eigenvalue weighted by atomic mass is 16.6. The molecule has 5 heteroatoms. The van der Waals surface area contributed by atoms with E-state index in [1.165, 1.54) is 180 Å². The summed E-state index contributed by atoms with van der Waals surface area (Å²) in [5.74, 6) is -0.588. The molecule has 78 heavy (non-hydrogen) atoms. The third-order valence-corrected chi connectivity index (χ3v) is 14.3. The first kappa shape index (κ1) is 74.3. The van der Waals surface area contributed by atoms with E-state index < -0.39 is 6.10 Å². The summed E-state index contributed by atoms with van der Waals surface area (Å²) >= 11 is 0. The maximum atomic E-state index is 12.4. The molecular weight excluding hydrogens is 957 g/mol. The summed E-state index contributed by atoms with van der Waals surface area (Å²) in [6, 6.07) is 0. The van der Waals surface area contributed by atoms with E-state index in [1.807, 2.05) is 0 Å². The van der Waals surface area contributed by atoms with Gasteiger partial charge >= 0.3 is 11.9 Å². The Bertz CT molecular complexity index is 1550. The Labute approximate surface area is 483 Å². The predicted octanol–water partition coefficient (Wildman–Crippen LogP) is 23.0. The Hall–Kier alpha value is -3.70. The van der Waals surface area contributed by atoms with Crippen molar-refractivity contribution < 1.29 is 24.2 Å². The molecule has 0 rings (SSSR count). The summed E-state index contributed by atoms with van der Waals surface area (Å²) in [6.45, 7) is 3.93. The predicted molar refractivity (Wildman–Crippen MR) is 343 cm³/mol. The molecule has 0 aromatic rings. The van der Waals surface area contributed by atoms with Crippen molar-refractivity contribution in [2.75, 3.05) is 13.2 Å². The molecule has 0 radical (unpaired) electrons. The standard InChI is InChI=1S/C73H124O5/c1-3-5-7-9-11-13-15-17-19-21-23-25-27-28-29-30-31-32-33-34-35-36-37-38-39-40-41-42-43-44-46-48-50-52-54-56-58-60-62-64-66-68-73(76)78-71(69-74)70-77-72(75)67-65-63-61-59-57-55-53-51-49-47-45-26-24-22-20-18-16-14-12-10-8-6-4-2/h5-8,11-14,17-20,23-26,28-29,31-32,71,74H,3-4,9-10,15-16,21-22,27,30,33-70H2,1-2H3/b7-5-,8-6-,13-11-,14-12-,19-17-,20-18-,25-23-,26-24-,29-28-,32-31-. The summed E-state index contributed by atoms with van der Waals surface area (Å²) in [4.78, 5) is 24.6. The van der Waals surface area contributed by atoms with Crippen molar-refractivity contribution in [1.82, 2.24) is 0 Å². The van der Waals surface area contributed by atoms with Crippen LogP contribution in [0.1, 0.15) is 309 Å². The molecule has 0 saturated carbocycles. The highest BCUT2D eigenvalue weighted by Crippen LogP contribution is 2.17. The quantitative estimate of drug-likeness (QED) is 0.0373. The minimum Gasteiger partial charge on any atom is -0.462 e. The van der Waals surface area contributed by atoms with Crippen molar-refractivity contribution in [3.05, 3.63) is 122 Å². The lowest BCUT2D eigenvalue weighted by Gasteiger charge is -2.15. The summed E-state index contributed by atoms with van der Waals surface area (Å²) in [6.07, 6.45) is 99.3. The molecule has 0 heterocycles. The highest BCUT2D eigenvalue weighted by Gasteiger charge is 2.16. The second-order valence-corrected chi connectivity index (χ2v) is 21.8. The third-order valence-electron chi connectivity index (χ3n) is 14.3. The lowest BCUT2D eigenvalue weighted by Crippen LogP contribution is -2.28. The number of hydrogen-bond acceptors (Lipinski definition) is 5. The molecule has 0 saturated heterocycles. The normalized spacial score (nSPS) is 13.0. The van der Waals surface area contributed by atoms with E-state index in [4.69, 9.17) is 9.47 Å². The van der Waals surface area contributed by atoms with Crippen molar-refractivity contribution in [1.29, 1.82) is 0 Å². The molecule has 0 fully saturated rings. The smallest absolute Gasteiger partial charge is 0.306 e. The van der Waals surface area contributed by atoms with E-state index in [0.717, 1.165) is 103 Å². The van der Waals surface area contributed by atoms with Crippen molar-refractivity contribution in [2.24, 2.45) is 0 Å². The molecule has 1 atom stereocenters. The van der Waals surface area contributed by atoms with Crippen LogP contribution in [0.2, 0.25) is 0 Å². The monoisotopic (exact) mass is 1080 g/mol. The van der Waals surface area contributed by atoms with Gasteiger partial charge in [0, 0.05) is 12.8 Å². The Morgan fingerprint density at radius 2 is 0.513 bits per heavy atom. The SMILES string of the molecule is CC/C=C\C/C=C\C/C=C\C/C=C\C/C=C\C/C=C\CCCCCCCCCCCCCCCCCCCCCCCCC(=O)OC(CO)COC(=O)CCCCCCCCCCCC/C=C\C/C=C\C/C=C\C/C=C\CC. The fourth-order valence-electron chi connectivity index (χ4n) is 9.38. The van der Waals surface area contributed by atoms with Crippen molar-refractivity contribution in [3.8, 4) is 0 Å². The minimum absolute atomic E-state index is 0.0698. The van der Waals surface area contributed by atoms with Gasteiger partial charge in [0.05, 0.1) is 6.61 Å². The van der Waals surface area contributed by atoms with Crippen LogP contribution in [0.3, 0.4) is 0 Å². The van der Waals surface area contributed by atoms with Crippen LogP contribution in [0.25, 0.3) is 0 Å². The lowest BCUT2D eigenvalue weighted by molar-refractivity contribution is -0.161. The average molecular weight is 1080 g/mol. The molecular formula is C73H124O5. The van der Waals surface area contributed by atoms with Crippen molar-refractivity contribution >= 4 is 11.9 Å². The zero-order valence-electron chi connectivity index (χ0n) is 51.1. The van der Waals surface area contributed by atoms with Gasteiger partial charge in [-0.3, -0.25) is 9.59 Å². The first-order valence-electron chi connectivity index (χ1n) is 33.1. The summed E-state index contributed by atoms with van der Waals surface area (Å²) in [5.41, 5.74) is 0. The van der Waals surface area contributed by atoms with Crippen LogP contribution in [0, 0.1) is 0 Å². The number of hydrogen-bond donors (Lipinski definition) is 1. The molecule has 0 aliphatic heterocycles. The van der Waals surface area contributed by atoms with Gasteiger partial charge in [0.1, 0.15) is 6.61 Å². The van der Waals surface area contributed by atoms with Crippen LogP contribution in [0.4, 0.5) is 0 Å². The van der Waals surface area contributed by atoms with Gasteiger partial charge in [0.15, 0.2) is 6.10 Å². The van der Waals surface area contributed by atoms with Gasteiger partial charge in [0.2, 0.25) is 0 Å². The van der Waals surface area contributed by atoms with E-state index in [-0.39, 0.29) is 25.2 Å². The van der Waals surface area contributed by atoms with Gasteiger partial charge in [-0.2, -0.15) is 0 Å². The van der Waals surface area contributed by atoms with E-state index >= 15 is 0 Å². The van der Waals surface area contributed by atoms with Crippen LogP contribution in [-0.4, -0.2) is 36.4 Å². The number of aliphatic hydroxyl groups excluding tert-OH is 1. The zero-order valence-corrected chi connectivity index (χ0v) is 51.1. The molecule has 0 bridgehead atoms. The minimum atomic E-state index is -0.779. The maximum absolute atomic E-state index is 12.4. The third kappa shape index (κ3) is 64.8. The number of esters is 2. The molecule has 1 N–H and O–H groups in total. The summed E-state index contributed by atoms with van der Waals surface area (Å²) < 4.78 is 10.7. The average Bonchev–Trinajstić information content (AvgIpc) is 3.44. The van der Waals surface area contributed by atoms with Crippen LogP contribution < -0.4 is 0 Å². The summed E-state index contributed by atoms with van der Waals surface area (Å²) in [5, 5.41) is 9.69. The van der Waals surface area contributed by atoms with Crippen LogP contribution in [0.15, 0.2) is 122 Å². The number of carbonyl (C=O) groups excluding carboxylic acids is 2. The fraction of sp³-hybridized carbons (Fsp3) is 0.699. The zero-order chi connectivity index (χ0) is 56.2. The van der Waals surface area contributed by atoms with Gasteiger partial charge in [-0.1, -0.05) is 315 Å². The molecule has 0 aromatic carbocycles. The number of rotatable bonds is 60. The first-order valence-corrected chi connectivity index (χ1v) is 33.1. The number of allylic oxidation sites excluding steroid dienone is 20. The molecule has 0 amide bonds. The molecule has 446 valence electrons. The molecule has 5 nitrogen and oxygen atoms in total.